The van der Waals surface area contributed by atoms with Crippen molar-refractivity contribution in [3.05, 3.63) is 18.2 Å². The van der Waals surface area contributed by atoms with Gasteiger partial charge in [-0.15, -0.1) is 0 Å². The van der Waals surface area contributed by atoms with Crippen LogP contribution in [0.5, 0.6) is 5.75 Å². The molecule has 1 fully saturated rings. The van der Waals surface area contributed by atoms with Gasteiger partial charge in [-0.2, -0.15) is 0 Å². The predicted octanol–water partition coefficient (Wildman–Crippen LogP) is 0.959. The van der Waals surface area contributed by atoms with Gasteiger partial charge in [-0.1, -0.05) is 0 Å². The summed E-state index contributed by atoms with van der Waals surface area (Å²) in [7, 11) is 1.67. The predicted molar refractivity (Wildman–Crippen MR) is 78.0 cm³/mol. The third kappa shape index (κ3) is 2.57. The summed E-state index contributed by atoms with van der Waals surface area (Å²) in [5, 5.41) is 0. The second kappa shape index (κ2) is 5.68. The van der Waals surface area contributed by atoms with Crippen molar-refractivity contribution < 1.29 is 9.47 Å². The molecule has 3 rings (SSSR count). The molecule has 0 unspecified atom stereocenters. The smallest absolute Gasteiger partial charge is 0.201 e. The molecule has 2 aromatic rings. The minimum atomic E-state index is 0.557. The number of anilines is 1. The Morgan fingerprint density at radius 3 is 2.85 bits per heavy atom. The molecular formula is C14H20N4O2. The van der Waals surface area contributed by atoms with Crippen LogP contribution in [0.2, 0.25) is 0 Å². The summed E-state index contributed by atoms with van der Waals surface area (Å²) in [5.41, 5.74) is 7.96. The number of nitrogens with zero attached hydrogens (tertiary/aromatic N) is 3. The molecule has 2 heterocycles. The van der Waals surface area contributed by atoms with Crippen LogP contribution in [0, 0.1) is 0 Å². The van der Waals surface area contributed by atoms with Crippen LogP contribution < -0.4 is 10.5 Å². The SMILES string of the molecule is COc1ccc2nc(N)n(CCN3CCOCC3)c2c1. The van der Waals surface area contributed by atoms with E-state index in [0.717, 1.165) is 56.2 Å². The van der Waals surface area contributed by atoms with Gasteiger partial charge < -0.3 is 19.8 Å². The number of nitrogen functional groups attached to an aromatic ring is 1. The van der Waals surface area contributed by atoms with Gasteiger partial charge in [0.25, 0.3) is 0 Å². The number of ether oxygens (including phenoxy) is 2. The Morgan fingerprint density at radius 1 is 1.30 bits per heavy atom. The molecule has 6 heteroatoms. The molecule has 1 saturated heterocycles. The van der Waals surface area contributed by atoms with E-state index in [1.807, 2.05) is 22.8 Å². The van der Waals surface area contributed by atoms with Gasteiger partial charge in [0, 0.05) is 32.2 Å². The van der Waals surface area contributed by atoms with Crippen molar-refractivity contribution in [1.29, 1.82) is 0 Å². The molecule has 0 spiro atoms. The molecule has 1 aliphatic rings. The molecule has 0 radical (unpaired) electrons. The van der Waals surface area contributed by atoms with E-state index in [1.54, 1.807) is 7.11 Å². The average molecular weight is 276 g/mol. The first-order valence-electron chi connectivity index (χ1n) is 6.88. The Morgan fingerprint density at radius 2 is 2.10 bits per heavy atom. The van der Waals surface area contributed by atoms with Gasteiger partial charge in [-0.05, 0) is 12.1 Å². The lowest BCUT2D eigenvalue weighted by Crippen LogP contribution is -2.38. The summed E-state index contributed by atoms with van der Waals surface area (Å²) in [5.74, 6) is 1.38. The molecule has 20 heavy (non-hydrogen) atoms. The molecule has 2 N–H and O–H groups in total. The number of imidazole rings is 1. The number of aromatic nitrogens is 2. The molecular weight excluding hydrogens is 256 g/mol. The first-order chi connectivity index (χ1) is 9.78. The average Bonchev–Trinajstić information content (AvgIpc) is 2.80. The molecule has 0 saturated carbocycles. The van der Waals surface area contributed by atoms with E-state index in [4.69, 9.17) is 15.2 Å². The Labute approximate surface area is 118 Å². The van der Waals surface area contributed by atoms with Crippen molar-refractivity contribution in [2.24, 2.45) is 0 Å². The maximum atomic E-state index is 6.03. The number of hydrogen-bond donors (Lipinski definition) is 1. The van der Waals surface area contributed by atoms with Crippen LogP contribution in [-0.4, -0.2) is 54.4 Å². The highest BCUT2D eigenvalue weighted by Crippen LogP contribution is 2.23. The van der Waals surface area contributed by atoms with Gasteiger partial charge in [0.15, 0.2) is 0 Å². The maximum absolute atomic E-state index is 6.03. The van der Waals surface area contributed by atoms with E-state index in [0.29, 0.717) is 5.95 Å². The number of hydrogen-bond acceptors (Lipinski definition) is 5. The van der Waals surface area contributed by atoms with Crippen molar-refractivity contribution in [2.45, 2.75) is 6.54 Å². The lowest BCUT2D eigenvalue weighted by molar-refractivity contribution is 0.0366. The van der Waals surface area contributed by atoms with E-state index < -0.39 is 0 Å². The zero-order valence-corrected chi connectivity index (χ0v) is 11.7. The van der Waals surface area contributed by atoms with Crippen molar-refractivity contribution >= 4 is 17.0 Å². The fraction of sp³-hybridized carbons (Fsp3) is 0.500. The number of fused-ring (bicyclic) bond motifs is 1. The van der Waals surface area contributed by atoms with Crippen molar-refractivity contribution in [3.63, 3.8) is 0 Å². The normalized spacial score (nSPS) is 16.6. The highest BCUT2D eigenvalue weighted by atomic mass is 16.5. The standard InChI is InChI=1S/C14H20N4O2/c1-19-11-2-3-12-13(10-11)18(14(15)16-12)5-4-17-6-8-20-9-7-17/h2-3,10H,4-9H2,1H3,(H2,15,16). The summed E-state index contributed by atoms with van der Waals surface area (Å²) >= 11 is 0. The van der Waals surface area contributed by atoms with Crippen LogP contribution in [0.1, 0.15) is 0 Å². The van der Waals surface area contributed by atoms with Crippen LogP contribution in [-0.2, 0) is 11.3 Å². The van der Waals surface area contributed by atoms with E-state index in [1.165, 1.54) is 0 Å². The summed E-state index contributed by atoms with van der Waals surface area (Å²) in [4.78, 5) is 6.78. The van der Waals surface area contributed by atoms with Gasteiger partial charge in [0.1, 0.15) is 5.75 Å². The van der Waals surface area contributed by atoms with Crippen LogP contribution in [0.3, 0.4) is 0 Å². The minimum absolute atomic E-state index is 0.557. The molecule has 6 nitrogen and oxygen atoms in total. The lowest BCUT2D eigenvalue weighted by Gasteiger charge is -2.26. The van der Waals surface area contributed by atoms with Crippen LogP contribution in [0.15, 0.2) is 18.2 Å². The van der Waals surface area contributed by atoms with Crippen LogP contribution in [0.4, 0.5) is 5.95 Å². The summed E-state index contributed by atoms with van der Waals surface area (Å²) in [6.45, 7) is 5.37. The van der Waals surface area contributed by atoms with E-state index >= 15 is 0 Å². The van der Waals surface area contributed by atoms with E-state index in [-0.39, 0.29) is 0 Å². The minimum Gasteiger partial charge on any atom is -0.497 e. The van der Waals surface area contributed by atoms with Gasteiger partial charge in [-0.3, -0.25) is 4.90 Å². The fourth-order valence-electron chi connectivity index (χ4n) is 2.55. The first kappa shape index (κ1) is 13.2. The summed E-state index contributed by atoms with van der Waals surface area (Å²) in [6, 6.07) is 5.83. The largest absolute Gasteiger partial charge is 0.497 e. The molecule has 1 aromatic carbocycles. The lowest BCUT2D eigenvalue weighted by atomic mass is 10.3. The second-order valence-corrected chi connectivity index (χ2v) is 4.93. The first-order valence-corrected chi connectivity index (χ1v) is 6.88. The topological polar surface area (TPSA) is 65.5 Å². The Balaban J connectivity index is 1.80. The highest BCUT2D eigenvalue weighted by molar-refractivity contribution is 5.79. The zero-order chi connectivity index (χ0) is 13.9. The highest BCUT2D eigenvalue weighted by Gasteiger charge is 2.13. The Kier molecular flexibility index (Phi) is 3.75. The molecule has 0 aliphatic carbocycles. The van der Waals surface area contributed by atoms with Crippen molar-refractivity contribution in [3.8, 4) is 5.75 Å². The van der Waals surface area contributed by atoms with Crippen LogP contribution >= 0.6 is 0 Å². The monoisotopic (exact) mass is 276 g/mol. The number of morpholine rings is 1. The molecule has 0 amide bonds. The van der Waals surface area contributed by atoms with Gasteiger partial charge in [0.05, 0.1) is 31.4 Å². The third-order valence-electron chi connectivity index (χ3n) is 3.73. The number of benzene rings is 1. The molecule has 0 bridgehead atoms. The summed E-state index contributed by atoms with van der Waals surface area (Å²) < 4.78 is 12.7. The molecule has 0 atom stereocenters. The quantitative estimate of drug-likeness (QED) is 0.901. The number of methoxy groups -OCH3 is 1. The zero-order valence-electron chi connectivity index (χ0n) is 11.7. The Hall–Kier alpha value is -1.79. The fourth-order valence-corrected chi connectivity index (χ4v) is 2.55. The second-order valence-electron chi connectivity index (χ2n) is 4.93. The van der Waals surface area contributed by atoms with Crippen molar-refractivity contribution in [2.75, 3.05) is 45.7 Å². The van der Waals surface area contributed by atoms with Gasteiger partial charge in [-0.25, -0.2) is 4.98 Å². The van der Waals surface area contributed by atoms with Gasteiger partial charge >= 0.3 is 0 Å². The summed E-state index contributed by atoms with van der Waals surface area (Å²) in [6.07, 6.45) is 0. The number of rotatable bonds is 4. The van der Waals surface area contributed by atoms with E-state index in [9.17, 15) is 0 Å². The molecule has 1 aromatic heterocycles. The van der Waals surface area contributed by atoms with Crippen molar-refractivity contribution in [1.82, 2.24) is 14.5 Å². The molecule has 1 aliphatic heterocycles. The number of nitrogens with two attached hydrogens (primary N) is 1. The third-order valence-corrected chi connectivity index (χ3v) is 3.73. The Bertz CT molecular complexity index is 590. The van der Waals surface area contributed by atoms with Gasteiger partial charge in [0.2, 0.25) is 5.95 Å². The van der Waals surface area contributed by atoms with E-state index in [2.05, 4.69) is 9.88 Å². The maximum Gasteiger partial charge on any atom is 0.201 e. The van der Waals surface area contributed by atoms with Crippen LogP contribution in [0.25, 0.3) is 11.0 Å². The molecule has 108 valence electrons.